The normalized spacial score (nSPS) is 13.7. The zero-order chi connectivity index (χ0) is 56.2. The molecule has 12 rings (SSSR count). The standard InChI is InChI=1S/C62H55N.C7H9N.C7H10.C2H6/c1-6-11-12-14-17-40-20-28-49-50-31-25-43(37-56(50)61(7-2,8-3)55(49)36-40)47-29-21-41-24-34-54-48(30-22-42-23-33-53(47)59(41)60(42)54)44-26-32-51-52-35-27-46(63-45-18-15-13-16-19-45)39-58(52)62(9-4,10-5)57(51)38-44;1-8-7-5-3-2-4-6-7;1-3-5-7-6-4-2;1-2/h6,11-22,24-32,34-39,63H,1,7-10,23,33H2,2-5H3;2-6,8H,1H3;3-7H,1H2,2H3;1-2H3/b12-11-,17-14-;;6-4-,7-5-;. The topological polar surface area (TPSA) is 24.1 Å². The summed E-state index contributed by atoms with van der Waals surface area (Å²) < 4.78 is 0. The third-order valence-corrected chi connectivity index (χ3v) is 17.1. The van der Waals surface area contributed by atoms with Gasteiger partial charge in [0.2, 0.25) is 0 Å². The molecule has 0 saturated heterocycles. The van der Waals surface area contributed by atoms with Crippen LogP contribution in [0, 0.1) is 0 Å². The van der Waals surface area contributed by atoms with Crippen molar-refractivity contribution < 1.29 is 0 Å². The minimum absolute atomic E-state index is 0.0178. The highest BCUT2D eigenvalue weighted by Gasteiger charge is 2.42. The van der Waals surface area contributed by atoms with E-state index in [9.17, 15) is 0 Å². The number of nitrogens with one attached hydrogen (secondary N) is 2. The second-order valence-electron chi connectivity index (χ2n) is 20.8. The molecule has 0 radical (unpaired) electrons. The van der Waals surface area contributed by atoms with E-state index in [0.29, 0.717) is 0 Å². The van der Waals surface area contributed by atoms with E-state index in [1.807, 2.05) is 101 Å². The summed E-state index contributed by atoms with van der Waals surface area (Å²) in [5.41, 5.74) is 24.3. The largest absolute Gasteiger partial charge is 0.388 e. The van der Waals surface area contributed by atoms with Crippen LogP contribution in [0.4, 0.5) is 17.1 Å². The summed E-state index contributed by atoms with van der Waals surface area (Å²) in [5.74, 6) is 0. The van der Waals surface area contributed by atoms with Gasteiger partial charge in [-0.25, -0.2) is 0 Å². The Kier molecular flexibility index (Phi) is 18.0. The fourth-order valence-corrected chi connectivity index (χ4v) is 13.1. The first-order chi connectivity index (χ1) is 39.3. The van der Waals surface area contributed by atoms with Gasteiger partial charge >= 0.3 is 0 Å². The first kappa shape index (κ1) is 56.3. The molecule has 0 aromatic heterocycles. The van der Waals surface area contributed by atoms with E-state index < -0.39 is 0 Å². The molecular weight excluding hydrogens is 965 g/mol. The molecule has 0 aliphatic heterocycles. The van der Waals surface area contributed by atoms with Crippen LogP contribution in [0.25, 0.3) is 72.1 Å². The van der Waals surface area contributed by atoms with Crippen molar-refractivity contribution in [3.8, 4) is 44.5 Å². The monoisotopic (exact) mass is 1040 g/mol. The number of anilines is 3. The summed E-state index contributed by atoms with van der Waals surface area (Å²) in [4.78, 5) is 0. The minimum atomic E-state index is -0.0440. The number of rotatable bonds is 14. The van der Waals surface area contributed by atoms with E-state index in [4.69, 9.17) is 0 Å². The SMILES string of the molecule is C=C/C=C\C=C/C.C=C/C=C\C=C/c1ccc2c(c1)C(CC)(CC)c1cc(-c3ccc4ccc5c(-c6ccc7c(c6)C(CC)(CC)c6cc(Nc8ccccc8)ccc6-7)ccc6c5c4c3CC6)ccc1-2.CC.CNc1ccccc1. The smallest absolute Gasteiger partial charge is 0.0387 e. The molecule has 0 heterocycles. The summed E-state index contributed by atoms with van der Waals surface area (Å²) in [7, 11) is 1.91. The molecule has 0 fully saturated rings. The third-order valence-electron chi connectivity index (χ3n) is 17.1. The number of hydrogen-bond acceptors (Lipinski definition) is 2. The Morgan fingerprint density at radius 3 is 1.54 bits per heavy atom. The fourth-order valence-electron chi connectivity index (χ4n) is 13.1. The first-order valence-corrected chi connectivity index (χ1v) is 29.3. The molecule has 3 aliphatic carbocycles. The highest BCUT2D eigenvalue weighted by atomic mass is 14.9. The fraction of sp³-hybridized carbons (Fsp3) is 0.205. The Bertz CT molecular complexity index is 3780. The maximum absolute atomic E-state index is 3.81. The highest BCUT2D eigenvalue weighted by molar-refractivity contribution is 6.17. The Labute approximate surface area is 478 Å². The predicted octanol–water partition coefficient (Wildman–Crippen LogP) is 22.2. The van der Waals surface area contributed by atoms with Crippen LogP contribution in [0.5, 0.6) is 0 Å². The average Bonchev–Trinajstić information content (AvgIpc) is 4.08. The van der Waals surface area contributed by atoms with Crippen molar-refractivity contribution in [2.45, 2.75) is 97.8 Å². The van der Waals surface area contributed by atoms with Crippen molar-refractivity contribution in [3.05, 3.63) is 277 Å². The molecule has 2 N–H and O–H groups in total. The molecule has 0 unspecified atom stereocenters. The zero-order valence-electron chi connectivity index (χ0n) is 48.6. The van der Waals surface area contributed by atoms with E-state index >= 15 is 0 Å². The summed E-state index contributed by atoms with van der Waals surface area (Å²) in [6, 6.07) is 63.8. The van der Waals surface area contributed by atoms with Gasteiger partial charge in [0.05, 0.1) is 0 Å². The van der Waals surface area contributed by atoms with Gasteiger partial charge in [-0.05, 0) is 199 Å². The van der Waals surface area contributed by atoms with Crippen molar-refractivity contribution in [2.24, 2.45) is 0 Å². The maximum Gasteiger partial charge on any atom is 0.0387 e. The van der Waals surface area contributed by atoms with E-state index in [-0.39, 0.29) is 10.8 Å². The zero-order valence-corrected chi connectivity index (χ0v) is 48.6. The van der Waals surface area contributed by atoms with Crippen LogP contribution < -0.4 is 10.6 Å². The van der Waals surface area contributed by atoms with Gasteiger partial charge in [-0.2, -0.15) is 0 Å². The number of para-hydroxylation sites is 2. The van der Waals surface area contributed by atoms with Crippen molar-refractivity contribution in [2.75, 3.05) is 17.7 Å². The molecule has 0 saturated carbocycles. The van der Waals surface area contributed by atoms with Crippen LogP contribution in [0.2, 0.25) is 0 Å². The molecule has 0 atom stereocenters. The van der Waals surface area contributed by atoms with Gasteiger partial charge in [0.15, 0.2) is 0 Å². The van der Waals surface area contributed by atoms with Crippen LogP contribution in [-0.2, 0) is 23.7 Å². The number of benzene rings is 9. The molecule has 402 valence electrons. The number of allylic oxidation sites excluding steroid dienone is 9. The maximum atomic E-state index is 3.81. The summed E-state index contributed by atoms with van der Waals surface area (Å²) >= 11 is 0. The Balaban J connectivity index is 0.000000396. The summed E-state index contributed by atoms with van der Waals surface area (Å²) in [5, 5.41) is 12.3. The van der Waals surface area contributed by atoms with Crippen molar-refractivity contribution in [3.63, 3.8) is 0 Å². The molecule has 80 heavy (non-hydrogen) atoms. The van der Waals surface area contributed by atoms with E-state index in [2.05, 4.69) is 203 Å². The number of aryl methyl sites for hydroxylation is 2. The van der Waals surface area contributed by atoms with Crippen molar-refractivity contribution in [1.82, 2.24) is 0 Å². The predicted molar refractivity (Wildman–Crippen MR) is 353 cm³/mol. The third kappa shape index (κ3) is 10.6. The van der Waals surface area contributed by atoms with Gasteiger partial charge < -0.3 is 10.6 Å². The second-order valence-corrected chi connectivity index (χ2v) is 20.8. The van der Waals surface area contributed by atoms with E-state index in [1.54, 1.807) is 6.08 Å². The molecule has 9 aromatic carbocycles. The van der Waals surface area contributed by atoms with Gasteiger partial charge in [0, 0.05) is 34.9 Å². The van der Waals surface area contributed by atoms with Gasteiger partial charge in [-0.3, -0.25) is 0 Å². The van der Waals surface area contributed by atoms with Crippen molar-refractivity contribution >= 4 is 44.7 Å². The molecule has 2 heteroatoms. The summed E-state index contributed by atoms with van der Waals surface area (Å²) in [6.45, 7) is 22.8. The summed E-state index contributed by atoms with van der Waals surface area (Å²) in [6.07, 6.45) is 26.0. The van der Waals surface area contributed by atoms with Crippen LogP contribution >= 0.6 is 0 Å². The van der Waals surface area contributed by atoms with E-state index in [1.165, 1.54) is 105 Å². The van der Waals surface area contributed by atoms with Crippen LogP contribution in [0.1, 0.15) is 113 Å². The lowest BCUT2D eigenvalue weighted by molar-refractivity contribution is 0.490. The first-order valence-electron chi connectivity index (χ1n) is 29.3. The second kappa shape index (κ2) is 25.6. The van der Waals surface area contributed by atoms with Gasteiger partial charge in [-0.15, -0.1) is 0 Å². The Morgan fingerprint density at radius 2 is 0.963 bits per heavy atom. The van der Waals surface area contributed by atoms with Crippen LogP contribution in [-0.4, -0.2) is 7.05 Å². The lowest BCUT2D eigenvalue weighted by atomic mass is 9.73. The quantitative estimate of drug-likeness (QED) is 0.0838. The molecule has 2 nitrogen and oxygen atoms in total. The van der Waals surface area contributed by atoms with Gasteiger partial charge in [0.1, 0.15) is 0 Å². The van der Waals surface area contributed by atoms with Crippen molar-refractivity contribution in [1.29, 1.82) is 0 Å². The van der Waals surface area contributed by atoms with Crippen LogP contribution in [0.3, 0.4) is 0 Å². The lowest BCUT2D eigenvalue weighted by Crippen LogP contribution is -2.23. The lowest BCUT2D eigenvalue weighted by Gasteiger charge is -2.30. The van der Waals surface area contributed by atoms with Gasteiger partial charge in [-0.1, -0.05) is 237 Å². The molecule has 9 aromatic rings. The Hall–Kier alpha value is -8.46. The molecule has 0 spiro atoms. The van der Waals surface area contributed by atoms with Crippen LogP contribution in [0.15, 0.2) is 238 Å². The van der Waals surface area contributed by atoms with Gasteiger partial charge in [0.25, 0.3) is 0 Å². The van der Waals surface area contributed by atoms with E-state index in [0.717, 1.165) is 55.6 Å². The molecular formula is C78H80N2. The molecule has 0 bridgehead atoms. The molecule has 0 amide bonds. The number of hydrogen-bond donors (Lipinski definition) is 2. The Morgan fingerprint density at radius 1 is 0.450 bits per heavy atom. The highest BCUT2D eigenvalue weighted by Crippen LogP contribution is 2.56. The average molecular weight is 1050 g/mol. The number of fused-ring (bicyclic) bond motifs is 6. The minimum Gasteiger partial charge on any atom is -0.388 e. The molecule has 3 aliphatic rings.